The second kappa shape index (κ2) is 10.9. The van der Waals surface area contributed by atoms with Crippen LogP contribution in [0.3, 0.4) is 0 Å². The van der Waals surface area contributed by atoms with Gasteiger partial charge in [0.2, 0.25) is 5.91 Å². The zero-order chi connectivity index (χ0) is 24.8. The van der Waals surface area contributed by atoms with Gasteiger partial charge in [0.25, 0.3) is 11.8 Å². The topological polar surface area (TPSA) is 97.0 Å². The van der Waals surface area contributed by atoms with E-state index in [1.807, 2.05) is 13.8 Å². The van der Waals surface area contributed by atoms with E-state index in [9.17, 15) is 14.4 Å². The maximum atomic E-state index is 13.0. The van der Waals surface area contributed by atoms with Gasteiger partial charge < -0.3 is 14.8 Å². The standard InChI is InChI=1S/C25H27N3O5S/c1-5-15(2)28-24(31)21(23(30)27-25(28)34)13-17-6-11-22(32-4)18(12-17)14-33-20-9-7-19(8-10-20)26-16(3)29/h6-13,15H,5,14H2,1-4H3,(H,26,29)(H,27,30,34)/b21-13-/t15-/m1/s1. The van der Waals surface area contributed by atoms with Crippen LogP contribution in [0.4, 0.5) is 5.69 Å². The van der Waals surface area contributed by atoms with Crippen LogP contribution in [0.2, 0.25) is 0 Å². The molecule has 0 unspecified atom stereocenters. The molecule has 2 aromatic carbocycles. The highest BCUT2D eigenvalue weighted by Crippen LogP contribution is 2.25. The molecule has 0 saturated carbocycles. The molecule has 2 aromatic rings. The predicted octanol–water partition coefficient (Wildman–Crippen LogP) is 3.66. The Hall–Kier alpha value is -3.72. The summed E-state index contributed by atoms with van der Waals surface area (Å²) in [5.41, 5.74) is 2.07. The fourth-order valence-electron chi connectivity index (χ4n) is 3.42. The van der Waals surface area contributed by atoms with Crippen LogP contribution in [-0.4, -0.2) is 40.9 Å². The number of rotatable bonds is 8. The van der Waals surface area contributed by atoms with E-state index in [0.29, 0.717) is 29.2 Å². The summed E-state index contributed by atoms with van der Waals surface area (Å²) in [4.78, 5) is 38.1. The van der Waals surface area contributed by atoms with Gasteiger partial charge >= 0.3 is 0 Å². The highest BCUT2D eigenvalue weighted by atomic mass is 32.1. The largest absolute Gasteiger partial charge is 0.496 e. The average molecular weight is 482 g/mol. The second-order valence-corrected chi connectivity index (χ2v) is 8.20. The van der Waals surface area contributed by atoms with Crippen molar-refractivity contribution in [2.45, 2.75) is 39.8 Å². The number of ether oxygens (including phenoxy) is 2. The summed E-state index contributed by atoms with van der Waals surface area (Å²) < 4.78 is 11.3. The Morgan fingerprint density at radius 3 is 2.53 bits per heavy atom. The number of amides is 3. The number of anilines is 1. The third-order valence-corrected chi connectivity index (χ3v) is 5.65. The third kappa shape index (κ3) is 5.79. The molecule has 178 valence electrons. The monoisotopic (exact) mass is 481 g/mol. The molecule has 1 heterocycles. The first-order valence-corrected chi connectivity index (χ1v) is 11.2. The molecule has 3 amide bonds. The number of benzene rings is 2. The van der Waals surface area contributed by atoms with Gasteiger partial charge in [-0.05, 0) is 73.6 Å². The molecule has 1 aliphatic heterocycles. The van der Waals surface area contributed by atoms with E-state index in [-0.39, 0.29) is 29.2 Å². The Kier molecular flexibility index (Phi) is 8.01. The number of nitrogens with zero attached hydrogens (tertiary/aromatic N) is 1. The van der Waals surface area contributed by atoms with Crippen molar-refractivity contribution < 1.29 is 23.9 Å². The third-order valence-electron chi connectivity index (χ3n) is 5.35. The van der Waals surface area contributed by atoms with Gasteiger partial charge in [-0.25, -0.2) is 0 Å². The highest BCUT2D eigenvalue weighted by Gasteiger charge is 2.35. The van der Waals surface area contributed by atoms with Crippen molar-refractivity contribution in [2.24, 2.45) is 0 Å². The van der Waals surface area contributed by atoms with Crippen molar-refractivity contribution >= 4 is 46.8 Å². The number of carbonyl (C=O) groups excluding carboxylic acids is 3. The van der Waals surface area contributed by atoms with Gasteiger partial charge in [-0.1, -0.05) is 13.0 Å². The van der Waals surface area contributed by atoms with Crippen LogP contribution in [0.1, 0.15) is 38.3 Å². The minimum atomic E-state index is -0.526. The van der Waals surface area contributed by atoms with E-state index in [4.69, 9.17) is 21.7 Å². The maximum absolute atomic E-state index is 13.0. The highest BCUT2D eigenvalue weighted by molar-refractivity contribution is 7.80. The van der Waals surface area contributed by atoms with Crippen LogP contribution in [0.15, 0.2) is 48.0 Å². The van der Waals surface area contributed by atoms with Gasteiger partial charge in [-0.3, -0.25) is 24.6 Å². The van der Waals surface area contributed by atoms with Crippen LogP contribution in [0, 0.1) is 0 Å². The predicted molar refractivity (Wildman–Crippen MR) is 133 cm³/mol. The second-order valence-electron chi connectivity index (χ2n) is 7.82. The lowest BCUT2D eigenvalue weighted by atomic mass is 10.0. The Morgan fingerprint density at radius 1 is 1.21 bits per heavy atom. The summed E-state index contributed by atoms with van der Waals surface area (Å²) in [5, 5.41) is 5.42. The molecule has 1 atom stereocenters. The molecule has 1 aliphatic rings. The van der Waals surface area contributed by atoms with E-state index in [1.165, 1.54) is 11.8 Å². The lowest BCUT2D eigenvalue weighted by Crippen LogP contribution is -2.56. The summed E-state index contributed by atoms with van der Waals surface area (Å²) in [5.74, 6) is 0.125. The van der Waals surface area contributed by atoms with Gasteiger partial charge in [0.15, 0.2) is 5.11 Å². The van der Waals surface area contributed by atoms with Crippen molar-refractivity contribution in [2.75, 3.05) is 12.4 Å². The summed E-state index contributed by atoms with van der Waals surface area (Å²) in [7, 11) is 1.56. The summed E-state index contributed by atoms with van der Waals surface area (Å²) >= 11 is 5.20. The van der Waals surface area contributed by atoms with Crippen molar-refractivity contribution in [1.82, 2.24) is 10.2 Å². The molecule has 0 radical (unpaired) electrons. The molecular formula is C25H27N3O5S. The van der Waals surface area contributed by atoms with Gasteiger partial charge in [-0.2, -0.15) is 0 Å². The zero-order valence-electron chi connectivity index (χ0n) is 19.5. The molecule has 1 fully saturated rings. The number of hydrogen-bond acceptors (Lipinski definition) is 6. The molecule has 0 spiro atoms. The Morgan fingerprint density at radius 2 is 1.91 bits per heavy atom. The molecule has 8 nitrogen and oxygen atoms in total. The molecule has 0 aliphatic carbocycles. The SMILES string of the molecule is CC[C@@H](C)N1C(=O)/C(=C\c2ccc(OC)c(COc3ccc(NC(C)=O)cc3)c2)C(=O)NC1=S. The number of nitrogens with one attached hydrogen (secondary N) is 2. The number of hydrogen-bond donors (Lipinski definition) is 2. The first-order chi connectivity index (χ1) is 16.2. The summed E-state index contributed by atoms with van der Waals surface area (Å²) in [6.45, 7) is 5.47. The van der Waals surface area contributed by atoms with Crippen LogP contribution < -0.4 is 20.1 Å². The molecule has 34 heavy (non-hydrogen) atoms. The van der Waals surface area contributed by atoms with Crippen LogP contribution in [0.25, 0.3) is 6.08 Å². The Labute approximate surface area is 203 Å². The lowest BCUT2D eigenvalue weighted by molar-refractivity contribution is -0.130. The molecule has 1 saturated heterocycles. The smallest absolute Gasteiger partial charge is 0.265 e. The average Bonchev–Trinajstić information content (AvgIpc) is 2.80. The van der Waals surface area contributed by atoms with Crippen molar-refractivity contribution in [3.05, 3.63) is 59.2 Å². The first kappa shape index (κ1) is 24.9. The number of thiocarbonyl (C=S) groups is 1. The molecule has 0 bridgehead atoms. The van der Waals surface area contributed by atoms with Crippen molar-refractivity contribution in [3.8, 4) is 11.5 Å². The van der Waals surface area contributed by atoms with Crippen LogP contribution >= 0.6 is 12.2 Å². The number of carbonyl (C=O) groups is 3. The molecular weight excluding hydrogens is 454 g/mol. The van der Waals surface area contributed by atoms with E-state index < -0.39 is 11.8 Å². The molecule has 2 N–H and O–H groups in total. The maximum Gasteiger partial charge on any atom is 0.265 e. The fourth-order valence-corrected chi connectivity index (χ4v) is 3.78. The van der Waals surface area contributed by atoms with E-state index >= 15 is 0 Å². The quantitative estimate of drug-likeness (QED) is 0.339. The van der Waals surface area contributed by atoms with Gasteiger partial charge in [0, 0.05) is 24.2 Å². The van der Waals surface area contributed by atoms with Crippen LogP contribution in [0.5, 0.6) is 11.5 Å². The zero-order valence-corrected chi connectivity index (χ0v) is 20.3. The first-order valence-electron chi connectivity index (χ1n) is 10.8. The van der Waals surface area contributed by atoms with Crippen molar-refractivity contribution in [3.63, 3.8) is 0 Å². The Balaban J connectivity index is 1.82. The summed E-state index contributed by atoms with van der Waals surface area (Å²) in [6, 6.07) is 12.2. The van der Waals surface area contributed by atoms with E-state index in [2.05, 4.69) is 10.6 Å². The normalized spacial score (nSPS) is 15.7. The van der Waals surface area contributed by atoms with Gasteiger partial charge in [0.05, 0.1) is 7.11 Å². The minimum absolute atomic E-state index is 0.0134. The van der Waals surface area contributed by atoms with Crippen LogP contribution in [-0.2, 0) is 21.0 Å². The lowest BCUT2D eigenvalue weighted by Gasteiger charge is -2.33. The molecule has 9 heteroatoms. The molecule has 0 aromatic heterocycles. The number of methoxy groups -OCH3 is 1. The van der Waals surface area contributed by atoms with Crippen molar-refractivity contribution in [1.29, 1.82) is 0 Å². The fraction of sp³-hybridized carbons (Fsp3) is 0.280. The summed E-state index contributed by atoms with van der Waals surface area (Å²) in [6.07, 6.45) is 2.24. The van der Waals surface area contributed by atoms with E-state index in [0.717, 1.165) is 5.56 Å². The molecule has 3 rings (SSSR count). The van der Waals surface area contributed by atoms with Gasteiger partial charge in [0.1, 0.15) is 23.7 Å². The van der Waals surface area contributed by atoms with E-state index in [1.54, 1.807) is 55.7 Å². The Bertz CT molecular complexity index is 1140. The minimum Gasteiger partial charge on any atom is -0.496 e. The van der Waals surface area contributed by atoms with Gasteiger partial charge in [-0.15, -0.1) is 0 Å².